The zero-order valence-electron chi connectivity index (χ0n) is 15.8. The molecule has 0 radical (unpaired) electrons. The van der Waals surface area contributed by atoms with E-state index in [1.165, 1.54) is 0 Å². The number of rotatable bonds is 2. The van der Waals surface area contributed by atoms with E-state index in [1.54, 1.807) is 30.6 Å². The molecule has 3 heterocycles. The summed E-state index contributed by atoms with van der Waals surface area (Å²) in [6.07, 6.45) is 3.50. The number of amides is 2. The van der Waals surface area contributed by atoms with Gasteiger partial charge in [-0.3, -0.25) is 0 Å². The molecule has 3 aromatic rings. The molecule has 0 bridgehead atoms. The number of nitrogens with zero attached hydrogens (tertiary/aromatic N) is 5. The predicted octanol–water partition coefficient (Wildman–Crippen LogP) is 2.88. The van der Waals surface area contributed by atoms with Gasteiger partial charge in [0.25, 0.3) is 0 Å². The van der Waals surface area contributed by atoms with Crippen molar-refractivity contribution >= 4 is 28.6 Å². The Balaban J connectivity index is 1.48. The summed E-state index contributed by atoms with van der Waals surface area (Å²) in [5.74, 6) is 0.900. The highest BCUT2D eigenvalue weighted by molar-refractivity contribution is 5.92. The Hall–Kier alpha value is -3.60. The Kier molecular flexibility index (Phi) is 4.57. The van der Waals surface area contributed by atoms with Crippen molar-refractivity contribution in [2.24, 2.45) is 0 Å². The average Bonchev–Trinajstić information content (AvgIpc) is 3.09. The lowest BCUT2D eigenvalue weighted by Crippen LogP contribution is -2.55. The van der Waals surface area contributed by atoms with Crippen LogP contribution < -0.4 is 10.2 Å². The molecule has 0 spiro atoms. The van der Waals surface area contributed by atoms with Crippen molar-refractivity contribution in [3.63, 3.8) is 0 Å². The number of carbonyl (C=O) groups excluding carboxylic acids is 1. The zero-order valence-corrected chi connectivity index (χ0v) is 15.8. The van der Waals surface area contributed by atoms with Gasteiger partial charge in [0.15, 0.2) is 0 Å². The smallest absolute Gasteiger partial charge is 0.322 e. The first-order valence-electron chi connectivity index (χ1n) is 9.18. The predicted molar refractivity (Wildman–Crippen MR) is 107 cm³/mol. The Morgan fingerprint density at radius 2 is 2.21 bits per heavy atom. The van der Waals surface area contributed by atoms with E-state index < -0.39 is 0 Å². The third-order valence-electron chi connectivity index (χ3n) is 5.08. The molecule has 1 aliphatic rings. The topological polar surface area (TPSA) is 101 Å². The van der Waals surface area contributed by atoms with Gasteiger partial charge in [0.2, 0.25) is 0 Å². The molecular weight excluding hydrogens is 354 g/mol. The summed E-state index contributed by atoms with van der Waals surface area (Å²) in [5.41, 5.74) is 3.08. The molecule has 4 rings (SSSR count). The molecule has 8 nitrogen and oxygen atoms in total. The number of aromatic amines is 1. The molecule has 2 amide bonds. The summed E-state index contributed by atoms with van der Waals surface area (Å²) < 4.78 is 0. The van der Waals surface area contributed by atoms with Crippen molar-refractivity contribution in [1.82, 2.24) is 19.9 Å². The summed E-state index contributed by atoms with van der Waals surface area (Å²) in [6.45, 7) is 6.02. The highest BCUT2D eigenvalue weighted by Crippen LogP contribution is 2.27. The highest BCUT2D eigenvalue weighted by Gasteiger charge is 2.29. The molecule has 142 valence electrons. The summed E-state index contributed by atoms with van der Waals surface area (Å²) in [7, 11) is 0. The number of benzene rings is 1. The Morgan fingerprint density at radius 3 is 3.00 bits per heavy atom. The molecule has 0 aliphatic carbocycles. The second-order valence-electron chi connectivity index (χ2n) is 7.00. The van der Waals surface area contributed by atoms with Crippen LogP contribution in [0.25, 0.3) is 11.0 Å². The van der Waals surface area contributed by atoms with Crippen LogP contribution in [0.3, 0.4) is 0 Å². The summed E-state index contributed by atoms with van der Waals surface area (Å²) in [5, 5.41) is 12.9. The molecule has 1 aliphatic heterocycles. The van der Waals surface area contributed by atoms with Gasteiger partial charge in [0.05, 0.1) is 17.0 Å². The zero-order chi connectivity index (χ0) is 19.7. The lowest BCUT2D eigenvalue weighted by molar-refractivity contribution is 0.184. The summed E-state index contributed by atoms with van der Waals surface area (Å²) in [6, 6.07) is 8.86. The Labute approximate surface area is 162 Å². The van der Waals surface area contributed by atoms with Gasteiger partial charge in [-0.1, -0.05) is 6.07 Å². The molecule has 28 heavy (non-hydrogen) atoms. The standard InChI is InChI=1S/C20H21N7O/c1-13-10-22-18-17(13)19(24-12-23-18)26-6-7-27(14(2)11-26)20(28)25-16-5-3-4-15(8-16)9-21/h3-5,8,10,12,14H,6-7,11H2,1-2H3,(H,25,28)(H,22,23,24)/t14-/m0/s1. The fourth-order valence-corrected chi connectivity index (χ4v) is 3.65. The van der Waals surface area contributed by atoms with Gasteiger partial charge in [-0.2, -0.15) is 5.26 Å². The monoisotopic (exact) mass is 375 g/mol. The van der Waals surface area contributed by atoms with E-state index in [1.807, 2.05) is 24.9 Å². The second-order valence-corrected chi connectivity index (χ2v) is 7.00. The van der Waals surface area contributed by atoms with Crippen LogP contribution in [-0.4, -0.2) is 51.6 Å². The number of aryl methyl sites for hydroxylation is 1. The van der Waals surface area contributed by atoms with E-state index in [2.05, 4.69) is 31.2 Å². The van der Waals surface area contributed by atoms with Gasteiger partial charge >= 0.3 is 6.03 Å². The van der Waals surface area contributed by atoms with Gasteiger partial charge in [-0.15, -0.1) is 0 Å². The van der Waals surface area contributed by atoms with Gasteiger partial charge in [0.1, 0.15) is 17.8 Å². The summed E-state index contributed by atoms with van der Waals surface area (Å²) in [4.78, 5) is 28.7. The molecule has 8 heteroatoms. The first-order valence-corrected chi connectivity index (χ1v) is 9.18. The normalized spacial score (nSPS) is 16.8. The van der Waals surface area contributed by atoms with Crippen LogP contribution in [0.4, 0.5) is 16.3 Å². The largest absolute Gasteiger partial charge is 0.352 e. The van der Waals surface area contributed by atoms with Crippen LogP contribution >= 0.6 is 0 Å². The minimum absolute atomic E-state index is 0.0113. The van der Waals surface area contributed by atoms with Gasteiger partial charge in [-0.05, 0) is 37.6 Å². The molecule has 1 atom stereocenters. The van der Waals surface area contributed by atoms with Crippen molar-refractivity contribution in [2.45, 2.75) is 19.9 Å². The number of anilines is 2. The number of hydrogen-bond acceptors (Lipinski definition) is 5. The lowest BCUT2D eigenvalue weighted by atomic mass is 10.1. The molecule has 0 unspecified atom stereocenters. The Morgan fingerprint density at radius 1 is 1.36 bits per heavy atom. The maximum atomic E-state index is 12.7. The number of nitrogens with one attached hydrogen (secondary N) is 2. The van der Waals surface area contributed by atoms with Crippen LogP contribution in [0.2, 0.25) is 0 Å². The number of urea groups is 1. The number of piperazine rings is 1. The summed E-state index contributed by atoms with van der Waals surface area (Å²) >= 11 is 0. The molecule has 2 N–H and O–H groups in total. The number of H-pyrrole nitrogens is 1. The van der Waals surface area contributed by atoms with Crippen LogP contribution in [-0.2, 0) is 0 Å². The van der Waals surface area contributed by atoms with Crippen LogP contribution in [0, 0.1) is 18.3 Å². The molecule has 2 aromatic heterocycles. The van der Waals surface area contributed by atoms with Crippen molar-refractivity contribution in [3.05, 3.63) is 47.9 Å². The van der Waals surface area contributed by atoms with Crippen LogP contribution in [0.5, 0.6) is 0 Å². The van der Waals surface area contributed by atoms with Gasteiger partial charge in [-0.25, -0.2) is 14.8 Å². The van der Waals surface area contributed by atoms with E-state index in [-0.39, 0.29) is 12.1 Å². The molecular formula is C20H21N7O. The third kappa shape index (κ3) is 3.22. The fourth-order valence-electron chi connectivity index (χ4n) is 3.65. The SMILES string of the molecule is Cc1c[nH]c2ncnc(N3CCN(C(=O)Nc4cccc(C#N)c4)[C@@H](C)C3)c12. The van der Waals surface area contributed by atoms with Crippen LogP contribution in [0.1, 0.15) is 18.1 Å². The van der Waals surface area contributed by atoms with Crippen LogP contribution in [0.15, 0.2) is 36.8 Å². The number of carbonyl (C=O) groups is 1. The van der Waals surface area contributed by atoms with Crippen molar-refractivity contribution in [1.29, 1.82) is 5.26 Å². The van der Waals surface area contributed by atoms with Crippen molar-refractivity contribution in [2.75, 3.05) is 29.9 Å². The minimum atomic E-state index is -0.159. The van der Waals surface area contributed by atoms with E-state index in [0.29, 0.717) is 30.9 Å². The van der Waals surface area contributed by atoms with Crippen molar-refractivity contribution < 1.29 is 4.79 Å². The quantitative estimate of drug-likeness (QED) is 0.717. The fraction of sp³-hybridized carbons (Fsp3) is 0.300. The lowest BCUT2D eigenvalue weighted by Gasteiger charge is -2.40. The van der Waals surface area contributed by atoms with Gasteiger partial charge < -0.3 is 20.1 Å². The molecule has 1 aromatic carbocycles. The number of fused-ring (bicyclic) bond motifs is 1. The molecule has 1 saturated heterocycles. The van der Waals surface area contributed by atoms with Gasteiger partial charge in [0, 0.05) is 37.6 Å². The minimum Gasteiger partial charge on any atom is -0.352 e. The maximum Gasteiger partial charge on any atom is 0.322 e. The van der Waals surface area contributed by atoms with E-state index >= 15 is 0 Å². The number of aromatic nitrogens is 3. The first-order chi connectivity index (χ1) is 13.6. The molecule has 1 fully saturated rings. The Bertz CT molecular complexity index is 1070. The highest BCUT2D eigenvalue weighted by atomic mass is 16.2. The number of nitriles is 1. The average molecular weight is 375 g/mol. The maximum absolute atomic E-state index is 12.7. The van der Waals surface area contributed by atoms with Crippen molar-refractivity contribution in [3.8, 4) is 6.07 Å². The van der Waals surface area contributed by atoms with E-state index in [4.69, 9.17) is 5.26 Å². The molecule has 0 saturated carbocycles. The second kappa shape index (κ2) is 7.19. The third-order valence-corrected chi connectivity index (χ3v) is 5.08. The number of hydrogen-bond donors (Lipinski definition) is 2. The first kappa shape index (κ1) is 17.8. The van der Waals surface area contributed by atoms with E-state index in [0.717, 1.165) is 22.4 Å². The van der Waals surface area contributed by atoms with E-state index in [9.17, 15) is 4.79 Å².